The minimum Gasteiger partial charge on any atom is -0.261 e. The summed E-state index contributed by atoms with van der Waals surface area (Å²) in [7, 11) is 0. The summed E-state index contributed by atoms with van der Waals surface area (Å²) in [6, 6.07) is 52.4. The third kappa shape index (κ3) is 7.59. The average molecular weight is 674 g/mol. The number of nitrogens with zero attached hydrogens (tertiary/aromatic N) is 5. The Balaban J connectivity index is 0.00000207. The van der Waals surface area contributed by atoms with E-state index in [1.165, 1.54) is 0 Å². The topological polar surface area (TPSA) is 64.5 Å². The highest BCUT2D eigenvalue weighted by Gasteiger charge is 2.15. The van der Waals surface area contributed by atoms with Gasteiger partial charge < -0.3 is 0 Å². The molecule has 0 fully saturated rings. The van der Waals surface area contributed by atoms with Crippen LogP contribution in [0.2, 0.25) is 0 Å². The van der Waals surface area contributed by atoms with Crippen LogP contribution in [0.15, 0.2) is 164 Å². The Kier molecular flexibility index (Phi) is 10.1. The minimum atomic E-state index is 0.616. The van der Waals surface area contributed by atoms with Crippen molar-refractivity contribution < 1.29 is 0 Å². The molecule has 5 aromatic carbocycles. The molecule has 52 heavy (non-hydrogen) atoms. The van der Waals surface area contributed by atoms with Gasteiger partial charge in [0.2, 0.25) is 0 Å². The fraction of sp³-hybridized carbons (Fsp3) is 0.0851. The second-order valence-electron chi connectivity index (χ2n) is 12.4. The van der Waals surface area contributed by atoms with E-state index < -0.39 is 0 Å². The zero-order valence-corrected chi connectivity index (χ0v) is 29.8. The van der Waals surface area contributed by atoms with Crippen molar-refractivity contribution in [2.75, 3.05) is 0 Å². The summed E-state index contributed by atoms with van der Waals surface area (Å²) in [6.45, 7) is 8.01. The largest absolute Gasteiger partial charge is 0.261 e. The van der Waals surface area contributed by atoms with Gasteiger partial charge in [0.15, 0.2) is 17.5 Å². The molecule has 0 aliphatic rings. The maximum atomic E-state index is 5.05. The maximum absolute atomic E-state index is 5.05. The fourth-order valence-electron chi connectivity index (χ4n) is 6.02. The first-order valence-electron chi connectivity index (χ1n) is 17.7. The third-order valence-electron chi connectivity index (χ3n) is 8.82. The number of rotatable bonds is 7. The van der Waals surface area contributed by atoms with Gasteiger partial charge in [0.05, 0.1) is 0 Å². The summed E-state index contributed by atoms with van der Waals surface area (Å²) in [4.78, 5) is 24.0. The summed E-state index contributed by atoms with van der Waals surface area (Å²) in [5.74, 6) is 1.88. The Hall–Kier alpha value is -6.59. The number of pyridine rings is 2. The molecule has 5 heteroatoms. The molecule has 5 nitrogen and oxygen atoms in total. The van der Waals surface area contributed by atoms with Gasteiger partial charge in [-0.15, -0.1) is 0 Å². The average Bonchev–Trinajstić information content (AvgIpc) is 3.22. The Bertz CT molecular complexity index is 2220. The molecule has 0 aliphatic carbocycles. The van der Waals surface area contributed by atoms with Gasteiger partial charge in [0.1, 0.15) is 0 Å². The van der Waals surface area contributed by atoms with Gasteiger partial charge in [0, 0.05) is 51.6 Å². The molecule has 0 saturated heterocycles. The molecular weight excluding hydrogens is 635 g/mol. The molecule has 0 bridgehead atoms. The summed E-state index contributed by atoms with van der Waals surface area (Å²) >= 11 is 0. The molecule has 0 N–H and O–H groups in total. The molecule has 0 unspecified atom stereocenters. The maximum Gasteiger partial charge on any atom is 0.164 e. The number of hydrogen-bond acceptors (Lipinski definition) is 5. The number of benzene rings is 5. The summed E-state index contributed by atoms with van der Waals surface area (Å²) < 4.78 is 0. The molecule has 0 spiro atoms. The number of hydrogen-bond donors (Lipinski definition) is 0. The number of aromatic nitrogens is 5. The van der Waals surface area contributed by atoms with Gasteiger partial charge >= 0.3 is 0 Å². The van der Waals surface area contributed by atoms with Crippen molar-refractivity contribution in [3.63, 3.8) is 0 Å². The molecule has 0 saturated carbocycles. The Morgan fingerprint density at radius 1 is 0.288 bits per heavy atom. The highest BCUT2D eigenvalue weighted by molar-refractivity contribution is 5.82. The molecule has 0 aliphatic heterocycles. The predicted molar refractivity (Wildman–Crippen MR) is 214 cm³/mol. The number of aryl methyl sites for hydroxylation is 2. The highest BCUT2D eigenvalue weighted by Crippen LogP contribution is 2.35. The molecule has 0 amide bonds. The first-order chi connectivity index (χ1) is 25.6. The van der Waals surface area contributed by atoms with Gasteiger partial charge in [-0.2, -0.15) is 0 Å². The van der Waals surface area contributed by atoms with Crippen LogP contribution in [0.1, 0.15) is 25.2 Å². The smallest absolute Gasteiger partial charge is 0.164 e. The van der Waals surface area contributed by atoms with Crippen LogP contribution in [0.5, 0.6) is 0 Å². The summed E-state index contributed by atoms with van der Waals surface area (Å²) in [6.07, 6.45) is 3.85. The zero-order chi connectivity index (χ0) is 35.9. The normalized spacial score (nSPS) is 10.7. The fourth-order valence-corrected chi connectivity index (χ4v) is 6.02. The molecule has 0 radical (unpaired) electrons. The van der Waals surface area contributed by atoms with E-state index in [2.05, 4.69) is 88.8 Å². The van der Waals surface area contributed by atoms with E-state index in [1.54, 1.807) is 0 Å². The standard InChI is InChI=1S/C45H33N5.C2H6/c1-30-13-15-38(28-46-30)32-17-21-34(22-18-32)40-25-41(35-23-19-33(20-24-35)39-16-14-31(2)47-29-39)27-42(26-40)45-49-43(36-9-5-3-6-10-36)48-44(50-45)37-11-7-4-8-12-37;1-2/h3-29H,1-2H3;1-2H3. The van der Waals surface area contributed by atoms with Crippen LogP contribution in [0.25, 0.3) is 78.7 Å². The Labute approximate surface area is 305 Å². The second kappa shape index (κ2) is 15.5. The molecule has 0 atom stereocenters. The Morgan fingerprint density at radius 2 is 0.596 bits per heavy atom. The van der Waals surface area contributed by atoms with Gasteiger partial charge in [0.25, 0.3) is 0 Å². The van der Waals surface area contributed by atoms with Gasteiger partial charge in [-0.3, -0.25) is 9.97 Å². The van der Waals surface area contributed by atoms with E-state index in [0.29, 0.717) is 17.5 Å². The van der Waals surface area contributed by atoms with Crippen molar-refractivity contribution in [2.45, 2.75) is 27.7 Å². The molecule has 8 aromatic rings. The van der Waals surface area contributed by atoms with Crippen molar-refractivity contribution in [2.24, 2.45) is 0 Å². The van der Waals surface area contributed by atoms with Gasteiger partial charge in [-0.25, -0.2) is 15.0 Å². The van der Waals surface area contributed by atoms with Crippen LogP contribution >= 0.6 is 0 Å². The van der Waals surface area contributed by atoms with Crippen LogP contribution in [0.4, 0.5) is 0 Å². The lowest BCUT2D eigenvalue weighted by molar-refractivity contribution is 1.07. The van der Waals surface area contributed by atoms with E-state index in [-0.39, 0.29) is 0 Å². The molecule has 252 valence electrons. The molecule has 8 rings (SSSR count). The Morgan fingerprint density at radius 3 is 0.942 bits per heavy atom. The van der Waals surface area contributed by atoms with E-state index in [9.17, 15) is 0 Å². The van der Waals surface area contributed by atoms with E-state index >= 15 is 0 Å². The minimum absolute atomic E-state index is 0.616. The molecule has 3 aromatic heterocycles. The predicted octanol–water partition coefficient (Wildman–Crippen LogP) is 12.0. The summed E-state index contributed by atoms with van der Waals surface area (Å²) in [5, 5.41) is 0. The lowest BCUT2D eigenvalue weighted by Gasteiger charge is -2.13. The van der Waals surface area contributed by atoms with Crippen LogP contribution < -0.4 is 0 Å². The quantitative estimate of drug-likeness (QED) is 0.168. The third-order valence-corrected chi connectivity index (χ3v) is 8.82. The zero-order valence-electron chi connectivity index (χ0n) is 29.8. The lowest BCUT2D eigenvalue weighted by Crippen LogP contribution is -2.00. The van der Waals surface area contributed by atoms with Crippen molar-refractivity contribution in [3.05, 3.63) is 175 Å². The first kappa shape index (κ1) is 33.9. The SMILES string of the molecule is CC.Cc1ccc(-c2ccc(-c3cc(-c4ccc(-c5ccc(C)nc5)cc4)cc(-c4nc(-c5ccccc5)nc(-c5ccccc5)n4)c3)cc2)cn1. The molecule has 3 heterocycles. The van der Waals surface area contributed by atoms with Crippen molar-refractivity contribution in [3.8, 4) is 78.7 Å². The van der Waals surface area contributed by atoms with Gasteiger partial charge in [-0.1, -0.05) is 135 Å². The van der Waals surface area contributed by atoms with Crippen LogP contribution in [0, 0.1) is 13.8 Å². The summed E-state index contributed by atoms with van der Waals surface area (Å²) in [5.41, 5.74) is 13.5. The van der Waals surface area contributed by atoms with Crippen molar-refractivity contribution >= 4 is 0 Å². The first-order valence-corrected chi connectivity index (χ1v) is 17.7. The highest BCUT2D eigenvalue weighted by atomic mass is 15.0. The van der Waals surface area contributed by atoms with Crippen LogP contribution in [-0.2, 0) is 0 Å². The van der Waals surface area contributed by atoms with Crippen LogP contribution in [0.3, 0.4) is 0 Å². The second-order valence-corrected chi connectivity index (χ2v) is 12.4. The lowest BCUT2D eigenvalue weighted by atomic mass is 9.94. The van der Waals surface area contributed by atoms with Crippen molar-refractivity contribution in [1.82, 2.24) is 24.9 Å². The van der Waals surface area contributed by atoms with Crippen molar-refractivity contribution in [1.29, 1.82) is 0 Å². The van der Waals surface area contributed by atoms with Crippen LogP contribution in [-0.4, -0.2) is 24.9 Å². The van der Waals surface area contributed by atoms with E-state index in [4.69, 9.17) is 15.0 Å². The monoisotopic (exact) mass is 673 g/mol. The van der Waals surface area contributed by atoms with E-state index in [1.807, 2.05) is 113 Å². The van der Waals surface area contributed by atoms with E-state index in [0.717, 1.165) is 72.6 Å². The van der Waals surface area contributed by atoms with Gasteiger partial charge in [-0.05, 0) is 77.6 Å². The molecular formula is C47H39N5.